The molecule has 18 heavy (non-hydrogen) atoms. The summed E-state index contributed by atoms with van der Waals surface area (Å²) in [5.41, 5.74) is 5.62. The first-order valence-electron chi connectivity index (χ1n) is 5.27. The van der Waals surface area contributed by atoms with E-state index in [1.54, 1.807) is 6.92 Å². The van der Waals surface area contributed by atoms with Crippen LogP contribution in [0.2, 0.25) is 0 Å². The smallest absolute Gasteiger partial charge is 0.310 e. The molecule has 2 N–H and O–H groups in total. The fourth-order valence-electron chi connectivity index (χ4n) is 1.44. The van der Waals surface area contributed by atoms with Crippen LogP contribution in [0.15, 0.2) is 6.07 Å². The second-order valence-electron chi connectivity index (χ2n) is 3.48. The molecule has 0 unspecified atom stereocenters. The minimum atomic E-state index is -2.75. The van der Waals surface area contributed by atoms with Gasteiger partial charge in [-0.25, -0.2) is 13.8 Å². The highest BCUT2D eigenvalue weighted by atomic mass is 35.5. The van der Waals surface area contributed by atoms with Crippen molar-refractivity contribution in [2.45, 2.75) is 25.7 Å². The number of aromatic nitrogens is 1. The number of nitrogens with two attached hydrogens (primary N) is 1. The quantitative estimate of drug-likeness (QED) is 0.664. The normalized spacial score (nSPS) is 10.7. The lowest BCUT2D eigenvalue weighted by molar-refractivity contribution is -0.142. The number of ether oxygens (including phenoxy) is 1. The summed E-state index contributed by atoms with van der Waals surface area (Å²) in [6.07, 6.45) is -2.90. The highest BCUT2D eigenvalue weighted by Crippen LogP contribution is 2.26. The minimum Gasteiger partial charge on any atom is -0.466 e. The standard InChI is InChI=1S/C11H13ClF2N2O2/c1-2-18-9(17)4-6-3-7(10(13)14)11(15)16-8(6)5-12/h3,10H,2,4-5H2,1H3,(H2,15,16). The van der Waals surface area contributed by atoms with E-state index in [0.29, 0.717) is 11.3 Å². The number of halogens is 3. The van der Waals surface area contributed by atoms with E-state index < -0.39 is 18.0 Å². The van der Waals surface area contributed by atoms with Crippen molar-refractivity contribution in [1.82, 2.24) is 4.98 Å². The van der Waals surface area contributed by atoms with Gasteiger partial charge in [-0.3, -0.25) is 4.79 Å². The van der Waals surface area contributed by atoms with Crippen LogP contribution in [0.1, 0.15) is 30.2 Å². The molecular weight excluding hydrogens is 266 g/mol. The third kappa shape index (κ3) is 3.53. The maximum atomic E-state index is 12.7. The molecule has 0 fully saturated rings. The third-order valence-corrected chi connectivity index (χ3v) is 2.51. The van der Waals surface area contributed by atoms with Crippen molar-refractivity contribution in [1.29, 1.82) is 0 Å². The van der Waals surface area contributed by atoms with Gasteiger partial charge in [-0.1, -0.05) is 0 Å². The molecule has 0 aliphatic heterocycles. The van der Waals surface area contributed by atoms with Crippen LogP contribution < -0.4 is 5.73 Å². The second kappa shape index (κ2) is 6.49. The van der Waals surface area contributed by atoms with Gasteiger partial charge in [0.2, 0.25) is 0 Å². The van der Waals surface area contributed by atoms with E-state index in [9.17, 15) is 13.6 Å². The van der Waals surface area contributed by atoms with Gasteiger partial charge in [-0.05, 0) is 18.6 Å². The first-order valence-corrected chi connectivity index (χ1v) is 5.80. The Hall–Kier alpha value is -1.43. The average Bonchev–Trinajstić information content (AvgIpc) is 2.30. The molecule has 1 aromatic heterocycles. The van der Waals surface area contributed by atoms with E-state index in [2.05, 4.69) is 4.98 Å². The Morgan fingerprint density at radius 3 is 2.78 bits per heavy atom. The molecule has 0 aromatic carbocycles. The monoisotopic (exact) mass is 278 g/mol. The SMILES string of the molecule is CCOC(=O)Cc1cc(C(F)F)c(N)nc1CCl. The minimum absolute atomic E-state index is 0.0115. The van der Waals surface area contributed by atoms with Crippen molar-refractivity contribution in [2.75, 3.05) is 12.3 Å². The highest BCUT2D eigenvalue weighted by Gasteiger charge is 2.18. The van der Waals surface area contributed by atoms with Gasteiger partial charge in [-0.15, -0.1) is 11.6 Å². The third-order valence-electron chi connectivity index (χ3n) is 2.25. The summed E-state index contributed by atoms with van der Waals surface area (Å²) in [5, 5.41) is 0. The number of esters is 1. The van der Waals surface area contributed by atoms with Crippen LogP contribution in [-0.2, 0) is 21.8 Å². The molecular formula is C11H13ClF2N2O2. The van der Waals surface area contributed by atoms with Gasteiger partial charge in [0.15, 0.2) is 0 Å². The number of carbonyl (C=O) groups excluding carboxylic acids is 1. The van der Waals surface area contributed by atoms with Gasteiger partial charge in [-0.2, -0.15) is 0 Å². The van der Waals surface area contributed by atoms with E-state index in [0.717, 1.165) is 6.07 Å². The second-order valence-corrected chi connectivity index (χ2v) is 3.75. The summed E-state index contributed by atoms with van der Waals surface area (Å²) < 4.78 is 30.1. The average molecular weight is 279 g/mol. The summed E-state index contributed by atoms with van der Waals surface area (Å²) in [4.78, 5) is 15.1. The summed E-state index contributed by atoms with van der Waals surface area (Å²) in [7, 11) is 0. The van der Waals surface area contributed by atoms with E-state index in [1.807, 2.05) is 0 Å². The number of alkyl halides is 3. The predicted molar refractivity (Wildman–Crippen MR) is 63.5 cm³/mol. The maximum Gasteiger partial charge on any atom is 0.310 e. The van der Waals surface area contributed by atoms with E-state index in [-0.39, 0.29) is 24.7 Å². The molecule has 1 heterocycles. The van der Waals surface area contributed by atoms with Gasteiger partial charge in [0.25, 0.3) is 6.43 Å². The molecule has 0 aliphatic rings. The van der Waals surface area contributed by atoms with Crippen LogP contribution in [0.25, 0.3) is 0 Å². The van der Waals surface area contributed by atoms with Crippen LogP contribution >= 0.6 is 11.6 Å². The van der Waals surface area contributed by atoms with E-state index >= 15 is 0 Å². The zero-order chi connectivity index (χ0) is 13.7. The fourth-order valence-corrected chi connectivity index (χ4v) is 1.67. The number of carbonyl (C=O) groups is 1. The summed E-state index contributed by atoms with van der Waals surface area (Å²) in [6, 6.07) is 1.15. The molecule has 0 saturated heterocycles. The van der Waals surface area contributed by atoms with Crippen molar-refractivity contribution < 1.29 is 18.3 Å². The number of pyridine rings is 1. The first kappa shape index (κ1) is 14.6. The first-order chi connectivity index (χ1) is 8.49. The molecule has 4 nitrogen and oxygen atoms in total. The number of nitrogens with zero attached hydrogens (tertiary/aromatic N) is 1. The lowest BCUT2D eigenvalue weighted by atomic mass is 10.1. The maximum absolute atomic E-state index is 12.7. The largest absolute Gasteiger partial charge is 0.466 e. The molecule has 7 heteroatoms. The summed E-state index contributed by atoms with van der Waals surface area (Å²) >= 11 is 5.64. The Bertz CT molecular complexity index is 441. The van der Waals surface area contributed by atoms with Crippen LogP contribution in [0.3, 0.4) is 0 Å². The molecule has 0 bridgehead atoms. The summed E-state index contributed by atoms with van der Waals surface area (Å²) in [6.45, 7) is 1.88. The number of anilines is 1. The fraction of sp³-hybridized carbons (Fsp3) is 0.455. The van der Waals surface area contributed by atoms with Crippen LogP contribution in [-0.4, -0.2) is 17.6 Å². The van der Waals surface area contributed by atoms with Crippen LogP contribution in [0.4, 0.5) is 14.6 Å². The predicted octanol–water partition coefficient (Wildman–Crippen LogP) is 2.45. The Morgan fingerprint density at radius 1 is 1.61 bits per heavy atom. The van der Waals surface area contributed by atoms with Crippen molar-refractivity contribution in [2.24, 2.45) is 0 Å². The topological polar surface area (TPSA) is 65.2 Å². The number of nitrogen functional groups attached to an aromatic ring is 1. The molecule has 0 atom stereocenters. The number of hydrogen-bond acceptors (Lipinski definition) is 4. The molecule has 0 amide bonds. The lowest BCUT2D eigenvalue weighted by Gasteiger charge is -2.11. The van der Waals surface area contributed by atoms with E-state index in [4.69, 9.17) is 22.1 Å². The van der Waals surface area contributed by atoms with E-state index in [1.165, 1.54) is 0 Å². The number of rotatable bonds is 5. The van der Waals surface area contributed by atoms with Crippen LogP contribution in [0, 0.1) is 0 Å². The highest BCUT2D eigenvalue weighted by molar-refractivity contribution is 6.17. The van der Waals surface area contributed by atoms with Crippen molar-refractivity contribution >= 4 is 23.4 Å². The number of hydrogen-bond donors (Lipinski definition) is 1. The molecule has 1 aromatic rings. The Kier molecular flexibility index (Phi) is 5.27. The molecule has 0 aliphatic carbocycles. The summed E-state index contributed by atoms with van der Waals surface area (Å²) in [5.74, 6) is -0.799. The Labute approximate surface area is 108 Å². The molecule has 0 saturated carbocycles. The Balaban J connectivity index is 3.08. The molecule has 100 valence electrons. The molecule has 0 radical (unpaired) electrons. The van der Waals surface area contributed by atoms with Gasteiger partial charge >= 0.3 is 5.97 Å². The van der Waals surface area contributed by atoms with Gasteiger partial charge in [0, 0.05) is 0 Å². The van der Waals surface area contributed by atoms with Gasteiger partial charge in [0.05, 0.1) is 30.2 Å². The van der Waals surface area contributed by atoms with Crippen molar-refractivity contribution in [3.8, 4) is 0 Å². The van der Waals surface area contributed by atoms with Gasteiger partial charge in [0.1, 0.15) is 5.82 Å². The van der Waals surface area contributed by atoms with Gasteiger partial charge < -0.3 is 10.5 Å². The van der Waals surface area contributed by atoms with Crippen LogP contribution in [0.5, 0.6) is 0 Å². The van der Waals surface area contributed by atoms with Crippen molar-refractivity contribution in [3.05, 3.63) is 22.9 Å². The molecule has 1 rings (SSSR count). The lowest BCUT2D eigenvalue weighted by Crippen LogP contribution is -2.12. The van der Waals surface area contributed by atoms with Crippen molar-refractivity contribution in [3.63, 3.8) is 0 Å². The Morgan fingerprint density at radius 2 is 2.28 bits per heavy atom. The zero-order valence-corrected chi connectivity index (χ0v) is 10.5. The molecule has 0 spiro atoms. The zero-order valence-electron chi connectivity index (χ0n) is 9.75.